The van der Waals surface area contributed by atoms with Crippen LogP contribution in [0.3, 0.4) is 0 Å². The minimum atomic E-state index is -4.65. The number of nitrogens with zero attached hydrogens (tertiary/aromatic N) is 1. The lowest BCUT2D eigenvalue weighted by atomic mass is 10.1. The monoisotopic (exact) mass is 520 g/mol. The molecule has 0 atom stereocenters. The molecule has 1 aliphatic rings. The summed E-state index contributed by atoms with van der Waals surface area (Å²) in [5.74, 6) is -0.881. The lowest BCUT2D eigenvalue weighted by molar-refractivity contribution is -0.137. The highest BCUT2D eigenvalue weighted by molar-refractivity contribution is 9.10. The number of esters is 1. The predicted octanol–water partition coefficient (Wildman–Crippen LogP) is 5.05. The second-order valence-corrected chi connectivity index (χ2v) is 9.58. The molecule has 31 heavy (non-hydrogen) atoms. The third-order valence-electron chi connectivity index (χ3n) is 4.90. The summed E-state index contributed by atoms with van der Waals surface area (Å²) in [6, 6.07) is 6.91. The number of carbonyl (C=O) groups excluding carboxylic acids is 1. The molecule has 1 heterocycles. The van der Waals surface area contributed by atoms with Crippen molar-refractivity contribution < 1.29 is 31.1 Å². The summed E-state index contributed by atoms with van der Waals surface area (Å²) in [5, 5.41) is 0. The van der Waals surface area contributed by atoms with E-state index in [4.69, 9.17) is 0 Å². The summed E-state index contributed by atoms with van der Waals surface area (Å²) in [6.07, 6.45) is -1.94. The second-order valence-electron chi connectivity index (χ2n) is 7.01. The normalized spacial score (nSPS) is 14.9. The highest BCUT2D eigenvalue weighted by Gasteiger charge is 2.33. The molecule has 168 valence electrons. The van der Waals surface area contributed by atoms with Crippen molar-refractivity contribution in [1.29, 1.82) is 0 Å². The molecule has 0 aromatic heterocycles. The van der Waals surface area contributed by atoms with Crippen LogP contribution < -0.4 is 9.62 Å². The molecular formula is C20H20BrF3N2O4S. The first kappa shape index (κ1) is 23.4. The van der Waals surface area contributed by atoms with Gasteiger partial charge >= 0.3 is 12.1 Å². The molecule has 3 rings (SSSR count). The number of methoxy groups -OCH3 is 1. The maximum Gasteiger partial charge on any atom is 0.416 e. The molecule has 1 fully saturated rings. The number of halogens is 4. The molecule has 0 spiro atoms. The maximum atomic E-state index is 13.3. The average molecular weight is 521 g/mol. The van der Waals surface area contributed by atoms with Crippen LogP contribution in [0.2, 0.25) is 0 Å². The molecule has 1 N–H and O–H groups in total. The van der Waals surface area contributed by atoms with E-state index in [1.807, 2.05) is 4.90 Å². The van der Waals surface area contributed by atoms with Crippen molar-refractivity contribution in [3.8, 4) is 0 Å². The molecule has 2 aromatic carbocycles. The number of benzene rings is 2. The molecule has 0 radical (unpaired) electrons. The molecule has 11 heteroatoms. The Kier molecular flexibility index (Phi) is 6.85. The largest absolute Gasteiger partial charge is 0.465 e. The maximum absolute atomic E-state index is 13.3. The first-order valence-electron chi connectivity index (χ1n) is 9.40. The van der Waals surface area contributed by atoms with Crippen LogP contribution >= 0.6 is 15.9 Å². The van der Waals surface area contributed by atoms with Crippen LogP contribution in [0.25, 0.3) is 0 Å². The Balaban J connectivity index is 2.10. The Bertz CT molecular complexity index is 1080. The Morgan fingerprint density at radius 3 is 2.39 bits per heavy atom. The fraction of sp³-hybridized carbons (Fsp3) is 0.350. The third-order valence-corrected chi connectivity index (χ3v) is 6.80. The van der Waals surface area contributed by atoms with Gasteiger partial charge in [-0.1, -0.05) is 15.9 Å². The molecule has 0 unspecified atom stereocenters. The van der Waals surface area contributed by atoms with Gasteiger partial charge in [-0.3, -0.25) is 4.72 Å². The average Bonchev–Trinajstić information content (AvgIpc) is 2.73. The Labute approximate surface area is 186 Å². The van der Waals surface area contributed by atoms with Crippen molar-refractivity contribution in [3.63, 3.8) is 0 Å². The number of hydrogen-bond acceptors (Lipinski definition) is 5. The summed E-state index contributed by atoms with van der Waals surface area (Å²) < 4.78 is 73.5. The molecule has 0 amide bonds. The number of carbonyl (C=O) groups is 1. The molecule has 0 bridgehead atoms. The zero-order chi connectivity index (χ0) is 22.8. The number of ether oxygens (including phenoxy) is 1. The van der Waals surface area contributed by atoms with Gasteiger partial charge in [-0.05, 0) is 55.7 Å². The fourth-order valence-electron chi connectivity index (χ4n) is 3.40. The van der Waals surface area contributed by atoms with Gasteiger partial charge in [0.2, 0.25) is 0 Å². The van der Waals surface area contributed by atoms with E-state index in [1.165, 1.54) is 24.3 Å². The van der Waals surface area contributed by atoms with E-state index in [2.05, 4.69) is 25.4 Å². The van der Waals surface area contributed by atoms with Gasteiger partial charge in [0, 0.05) is 17.6 Å². The highest BCUT2D eigenvalue weighted by atomic mass is 79.9. The summed E-state index contributed by atoms with van der Waals surface area (Å²) >= 11 is 3.16. The first-order chi connectivity index (χ1) is 14.5. The van der Waals surface area contributed by atoms with Gasteiger partial charge in [0.05, 0.1) is 29.6 Å². The highest BCUT2D eigenvalue weighted by Crippen LogP contribution is 2.37. The topological polar surface area (TPSA) is 75.7 Å². The minimum Gasteiger partial charge on any atom is -0.465 e. The fourth-order valence-corrected chi connectivity index (χ4v) is 5.20. The Hall–Kier alpha value is -2.27. The van der Waals surface area contributed by atoms with Crippen molar-refractivity contribution in [3.05, 3.63) is 52.0 Å². The third kappa shape index (κ3) is 5.32. The number of rotatable bonds is 5. The van der Waals surface area contributed by atoms with Gasteiger partial charge in [0.1, 0.15) is 4.90 Å². The lowest BCUT2D eigenvalue weighted by Gasteiger charge is -2.31. The van der Waals surface area contributed by atoms with Crippen molar-refractivity contribution in [2.75, 3.05) is 29.8 Å². The van der Waals surface area contributed by atoms with Crippen LogP contribution in [0.15, 0.2) is 45.8 Å². The molecule has 1 aliphatic heterocycles. The van der Waals surface area contributed by atoms with Crippen molar-refractivity contribution in [1.82, 2.24) is 0 Å². The summed E-state index contributed by atoms with van der Waals surface area (Å²) in [5.41, 5.74) is -1.06. The van der Waals surface area contributed by atoms with E-state index in [9.17, 15) is 26.4 Å². The molecule has 0 saturated carbocycles. The molecule has 0 aliphatic carbocycles. The Morgan fingerprint density at radius 2 is 1.77 bits per heavy atom. The summed E-state index contributed by atoms with van der Waals surface area (Å²) in [6.45, 7) is 1.20. The number of hydrogen-bond donors (Lipinski definition) is 1. The second kappa shape index (κ2) is 9.07. The SMILES string of the molecule is COC(=O)c1ccc(Br)cc1S(=O)(=O)Nc1cc(C(F)(F)F)ccc1N1CCCCC1. The molecule has 2 aromatic rings. The number of nitrogens with one attached hydrogen (secondary N) is 1. The number of piperidine rings is 1. The van der Waals surface area contributed by atoms with Crippen LogP contribution in [-0.2, 0) is 20.9 Å². The van der Waals surface area contributed by atoms with Crippen molar-refractivity contribution in [2.45, 2.75) is 30.3 Å². The molecule has 1 saturated heterocycles. The van der Waals surface area contributed by atoms with Gasteiger partial charge in [0.15, 0.2) is 0 Å². The van der Waals surface area contributed by atoms with E-state index >= 15 is 0 Å². The lowest BCUT2D eigenvalue weighted by Crippen LogP contribution is -2.30. The van der Waals surface area contributed by atoms with Gasteiger partial charge in [-0.25, -0.2) is 13.2 Å². The number of sulfonamides is 1. The van der Waals surface area contributed by atoms with E-state index in [1.54, 1.807) is 0 Å². The van der Waals surface area contributed by atoms with Crippen LogP contribution in [0.1, 0.15) is 35.2 Å². The van der Waals surface area contributed by atoms with E-state index in [-0.39, 0.29) is 11.3 Å². The van der Waals surface area contributed by atoms with Crippen LogP contribution in [0, 0.1) is 0 Å². The summed E-state index contributed by atoms with van der Waals surface area (Å²) in [7, 11) is -3.31. The molecule has 6 nitrogen and oxygen atoms in total. The van der Waals surface area contributed by atoms with E-state index < -0.39 is 32.6 Å². The number of alkyl halides is 3. The zero-order valence-corrected chi connectivity index (χ0v) is 18.9. The van der Waals surface area contributed by atoms with E-state index in [0.29, 0.717) is 23.2 Å². The van der Waals surface area contributed by atoms with E-state index in [0.717, 1.165) is 38.5 Å². The predicted molar refractivity (Wildman–Crippen MR) is 114 cm³/mol. The zero-order valence-electron chi connectivity index (χ0n) is 16.5. The van der Waals surface area contributed by atoms with Gasteiger partial charge in [-0.15, -0.1) is 0 Å². The van der Waals surface area contributed by atoms with Gasteiger partial charge < -0.3 is 9.64 Å². The number of anilines is 2. The van der Waals surface area contributed by atoms with Gasteiger partial charge in [-0.2, -0.15) is 13.2 Å². The van der Waals surface area contributed by atoms with Crippen LogP contribution in [0.5, 0.6) is 0 Å². The minimum absolute atomic E-state index is 0.201. The first-order valence-corrected chi connectivity index (χ1v) is 11.7. The quantitative estimate of drug-likeness (QED) is 0.558. The van der Waals surface area contributed by atoms with Gasteiger partial charge in [0.25, 0.3) is 10.0 Å². The summed E-state index contributed by atoms with van der Waals surface area (Å²) in [4.78, 5) is 13.5. The van der Waals surface area contributed by atoms with Crippen LogP contribution in [-0.4, -0.2) is 34.6 Å². The Morgan fingerprint density at radius 1 is 1.10 bits per heavy atom. The van der Waals surface area contributed by atoms with Crippen LogP contribution in [0.4, 0.5) is 24.5 Å². The smallest absolute Gasteiger partial charge is 0.416 e. The van der Waals surface area contributed by atoms with Crippen molar-refractivity contribution >= 4 is 43.3 Å². The van der Waals surface area contributed by atoms with Crippen molar-refractivity contribution in [2.24, 2.45) is 0 Å². The standard InChI is InChI=1S/C20H20BrF3N2O4S/c1-30-19(27)15-7-6-14(21)12-18(15)31(28,29)25-16-11-13(20(22,23)24)5-8-17(16)26-9-3-2-4-10-26/h5-8,11-12,25H,2-4,9-10H2,1H3. The molecular weight excluding hydrogens is 501 g/mol.